The molecular formula is C18H18BrNO4S. The molecule has 25 heavy (non-hydrogen) atoms. The van der Waals surface area contributed by atoms with Crippen LogP contribution in [-0.2, 0) is 11.3 Å². The van der Waals surface area contributed by atoms with Gasteiger partial charge in [0.25, 0.3) is 0 Å². The van der Waals surface area contributed by atoms with Gasteiger partial charge in [-0.1, -0.05) is 15.9 Å². The summed E-state index contributed by atoms with van der Waals surface area (Å²) < 4.78 is 17.3. The average Bonchev–Trinajstić information content (AvgIpc) is 2.64. The van der Waals surface area contributed by atoms with Crippen LogP contribution < -0.4 is 19.5 Å². The molecule has 2 aromatic carbocycles. The zero-order valence-corrected chi connectivity index (χ0v) is 16.1. The van der Waals surface area contributed by atoms with Crippen molar-refractivity contribution in [3.05, 3.63) is 46.4 Å². The van der Waals surface area contributed by atoms with Crippen LogP contribution >= 0.6 is 27.7 Å². The van der Waals surface area contributed by atoms with Crippen LogP contribution in [0.2, 0.25) is 0 Å². The molecule has 132 valence electrons. The maximum Gasteiger partial charge on any atom is 0.230 e. The Morgan fingerprint density at radius 1 is 1.20 bits per heavy atom. The van der Waals surface area contributed by atoms with E-state index in [0.29, 0.717) is 25.5 Å². The van der Waals surface area contributed by atoms with Gasteiger partial charge >= 0.3 is 0 Å². The molecule has 0 unspecified atom stereocenters. The van der Waals surface area contributed by atoms with Gasteiger partial charge in [0, 0.05) is 21.5 Å². The van der Waals surface area contributed by atoms with Crippen molar-refractivity contribution in [3.8, 4) is 17.2 Å². The number of ether oxygens (including phenoxy) is 3. The van der Waals surface area contributed by atoms with Crippen LogP contribution in [0, 0.1) is 0 Å². The van der Waals surface area contributed by atoms with Gasteiger partial charge in [0.2, 0.25) is 5.91 Å². The number of hydrogen-bond acceptors (Lipinski definition) is 5. The third-order valence-electron chi connectivity index (χ3n) is 3.60. The molecule has 1 heterocycles. The van der Waals surface area contributed by atoms with Crippen LogP contribution in [-0.4, -0.2) is 32.0 Å². The third-order valence-corrected chi connectivity index (χ3v) is 5.09. The Hall–Kier alpha value is -1.86. The highest BCUT2D eigenvalue weighted by molar-refractivity contribution is 9.10. The number of fused-ring (bicyclic) bond motifs is 1. The predicted octanol–water partition coefficient (Wildman–Crippen LogP) is 3.64. The molecule has 5 nitrogen and oxygen atoms in total. The summed E-state index contributed by atoms with van der Waals surface area (Å²) >= 11 is 4.89. The lowest BCUT2D eigenvalue weighted by atomic mass is 10.2. The van der Waals surface area contributed by atoms with Crippen molar-refractivity contribution in [2.75, 3.05) is 26.1 Å². The first-order chi connectivity index (χ1) is 12.2. The van der Waals surface area contributed by atoms with Crippen LogP contribution in [0.15, 0.2) is 45.8 Å². The average molecular weight is 424 g/mol. The van der Waals surface area contributed by atoms with Crippen LogP contribution in [0.3, 0.4) is 0 Å². The highest BCUT2D eigenvalue weighted by Crippen LogP contribution is 2.34. The molecule has 0 bridgehead atoms. The number of rotatable bonds is 6. The summed E-state index contributed by atoms with van der Waals surface area (Å²) in [5, 5.41) is 2.92. The molecule has 7 heteroatoms. The van der Waals surface area contributed by atoms with Gasteiger partial charge in [0.1, 0.15) is 19.0 Å². The molecule has 3 rings (SSSR count). The molecule has 2 aromatic rings. The highest BCUT2D eigenvalue weighted by Gasteiger charge is 2.13. The molecule has 1 N–H and O–H groups in total. The molecule has 1 aliphatic heterocycles. The number of halogens is 1. The number of thioether (sulfide) groups is 1. The van der Waals surface area contributed by atoms with E-state index in [0.717, 1.165) is 32.2 Å². The van der Waals surface area contributed by atoms with Gasteiger partial charge in [0.15, 0.2) is 11.5 Å². The number of methoxy groups -OCH3 is 1. The highest BCUT2D eigenvalue weighted by atomic mass is 79.9. The van der Waals surface area contributed by atoms with E-state index in [2.05, 4.69) is 21.2 Å². The molecule has 0 aliphatic carbocycles. The first-order valence-electron chi connectivity index (χ1n) is 7.77. The summed E-state index contributed by atoms with van der Waals surface area (Å²) in [6, 6.07) is 11.4. The van der Waals surface area contributed by atoms with Crippen molar-refractivity contribution in [2.24, 2.45) is 0 Å². The Bertz CT molecular complexity index is 769. The Morgan fingerprint density at radius 2 is 2.00 bits per heavy atom. The summed E-state index contributed by atoms with van der Waals surface area (Å²) in [6.45, 7) is 1.54. The molecule has 0 radical (unpaired) electrons. The van der Waals surface area contributed by atoms with E-state index in [-0.39, 0.29) is 5.91 Å². The molecule has 0 saturated carbocycles. The van der Waals surface area contributed by atoms with Crippen molar-refractivity contribution in [1.29, 1.82) is 0 Å². The van der Waals surface area contributed by atoms with E-state index in [4.69, 9.17) is 14.2 Å². The van der Waals surface area contributed by atoms with Gasteiger partial charge in [-0.3, -0.25) is 4.79 Å². The van der Waals surface area contributed by atoms with E-state index in [1.165, 1.54) is 11.8 Å². The summed E-state index contributed by atoms with van der Waals surface area (Å²) in [7, 11) is 1.62. The van der Waals surface area contributed by atoms with Crippen LogP contribution in [0.5, 0.6) is 17.2 Å². The Labute approximate surface area is 159 Å². The van der Waals surface area contributed by atoms with Gasteiger partial charge in [-0.05, 0) is 36.4 Å². The largest absolute Gasteiger partial charge is 0.496 e. The quantitative estimate of drug-likeness (QED) is 0.718. The van der Waals surface area contributed by atoms with Crippen molar-refractivity contribution in [3.63, 3.8) is 0 Å². The van der Waals surface area contributed by atoms with Crippen molar-refractivity contribution < 1.29 is 19.0 Å². The van der Waals surface area contributed by atoms with Crippen LogP contribution in [0.1, 0.15) is 5.56 Å². The van der Waals surface area contributed by atoms with Gasteiger partial charge in [-0.15, -0.1) is 11.8 Å². The number of hydrogen-bond donors (Lipinski definition) is 1. The predicted molar refractivity (Wildman–Crippen MR) is 101 cm³/mol. The van der Waals surface area contributed by atoms with Gasteiger partial charge < -0.3 is 19.5 Å². The molecule has 0 saturated heterocycles. The maximum atomic E-state index is 12.1. The van der Waals surface area contributed by atoms with Gasteiger partial charge in [0.05, 0.1) is 12.9 Å². The second-order valence-corrected chi connectivity index (χ2v) is 7.29. The van der Waals surface area contributed by atoms with Crippen molar-refractivity contribution in [2.45, 2.75) is 11.4 Å². The van der Waals surface area contributed by atoms with E-state index in [9.17, 15) is 4.79 Å². The summed E-state index contributed by atoms with van der Waals surface area (Å²) in [4.78, 5) is 13.1. The number of nitrogens with one attached hydrogen (secondary N) is 1. The SMILES string of the molecule is COc1ccc(Br)cc1CNC(=O)CSc1ccc2c(c1)OCCO2. The van der Waals surface area contributed by atoms with Crippen LogP contribution in [0.4, 0.5) is 0 Å². The normalized spacial score (nSPS) is 12.6. The molecule has 1 amide bonds. The topological polar surface area (TPSA) is 56.8 Å². The van der Waals surface area contributed by atoms with E-state index >= 15 is 0 Å². The molecular weight excluding hydrogens is 406 g/mol. The molecule has 0 spiro atoms. The number of amides is 1. The molecule has 1 aliphatic rings. The monoisotopic (exact) mass is 423 g/mol. The lowest BCUT2D eigenvalue weighted by Crippen LogP contribution is -2.24. The minimum atomic E-state index is -0.0399. The first-order valence-corrected chi connectivity index (χ1v) is 9.55. The fourth-order valence-electron chi connectivity index (χ4n) is 2.39. The molecule has 0 atom stereocenters. The second kappa shape index (κ2) is 8.49. The molecule has 0 fully saturated rings. The second-order valence-electron chi connectivity index (χ2n) is 5.33. The Balaban J connectivity index is 1.52. The minimum absolute atomic E-state index is 0.0399. The first kappa shape index (κ1) is 17.9. The number of carbonyl (C=O) groups excluding carboxylic acids is 1. The number of benzene rings is 2. The summed E-state index contributed by atoms with van der Waals surface area (Å²) in [5.41, 5.74) is 0.926. The smallest absolute Gasteiger partial charge is 0.230 e. The van der Waals surface area contributed by atoms with E-state index in [1.807, 2.05) is 36.4 Å². The Morgan fingerprint density at radius 3 is 2.80 bits per heavy atom. The van der Waals surface area contributed by atoms with Crippen LogP contribution in [0.25, 0.3) is 0 Å². The fraction of sp³-hybridized carbons (Fsp3) is 0.278. The maximum absolute atomic E-state index is 12.1. The zero-order valence-electron chi connectivity index (χ0n) is 13.7. The standard InChI is InChI=1S/C18H18BrNO4S/c1-22-15-4-2-13(19)8-12(15)10-20-18(21)11-25-14-3-5-16-17(9-14)24-7-6-23-16/h2-5,8-9H,6-7,10-11H2,1H3,(H,20,21). The third kappa shape index (κ3) is 4.83. The number of carbonyl (C=O) groups is 1. The van der Waals surface area contributed by atoms with Gasteiger partial charge in [-0.2, -0.15) is 0 Å². The fourth-order valence-corrected chi connectivity index (χ4v) is 3.56. The zero-order chi connectivity index (χ0) is 17.6. The van der Waals surface area contributed by atoms with Crippen molar-refractivity contribution in [1.82, 2.24) is 5.32 Å². The molecule has 0 aromatic heterocycles. The minimum Gasteiger partial charge on any atom is -0.496 e. The summed E-state index contributed by atoms with van der Waals surface area (Å²) in [6.07, 6.45) is 0. The van der Waals surface area contributed by atoms with E-state index in [1.54, 1.807) is 7.11 Å². The Kier molecular flexibility index (Phi) is 6.09. The lowest BCUT2D eigenvalue weighted by molar-refractivity contribution is -0.118. The van der Waals surface area contributed by atoms with Gasteiger partial charge in [-0.25, -0.2) is 0 Å². The summed E-state index contributed by atoms with van der Waals surface area (Å²) in [5.74, 6) is 2.53. The van der Waals surface area contributed by atoms with E-state index < -0.39 is 0 Å². The lowest BCUT2D eigenvalue weighted by Gasteiger charge is -2.18. The van der Waals surface area contributed by atoms with Crippen molar-refractivity contribution >= 4 is 33.6 Å².